The van der Waals surface area contributed by atoms with Crippen LogP contribution in [0.25, 0.3) is 6.08 Å². The highest BCUT2D eigenvalue weighted by Crippen LogP contribution is 2.28. The van der Waals surface area contributed by atoms with Crippen molar-refractivity contribution in [2.75, 3.05) is 25.5 Å². The molecular weight excluding hydrogens is 400 g/mol. The van der Waals surface area contributed by atoms with Gasteiger partial charge >= 0.3 is 0 Å². The molecule has 0 aliphatic carbocycles. The lowest BCUT2D eigenvalue weighted by molar-refractivity contribution is -0.111. The molecule has 150 valence electrons. The van der Waals surface area contributed by atoms with Crippen molar-refractivity contribution in [2.45, 2.75) is 18.7 Å². The molecule has 1 amide bonds. The van der Waals surface area contributed by atoms with E-state index in [1.54, 1.807) is 39.2 Å². The molecule has 0 heterocycles. The third kappa shape index (κ3) is 5.13. The number of nitrogens with one attached hydrogen (secondary N) is 1. The molecule has 8 heteroatoms. The van der Waals surface area contributed by atoms with Gasteiger partial charge in [-0.25, -0.2) is 8.42 Å². The molecule has 0 aliphatic rings. The van der Waals surface area contributed by atoms with Gasteiger partial charge in [-0.1, -0.05) is 43.6 Å². The molecule has 0 unspecified atom stereocenters. The molecule has 0 fully saturated rings. The lowest BCUT2D eigenvalue weighted by atomic mass is 10.2. The Labute approximate surface area is 170 Å². The van der Waals surface area contributed by atoms with Crippen LogP contribution in [0.15, 0.2) is 53.4 Å². The summed E-state index contributed by atoms with van der Waals surface area (Å²) in [6, 6.07) is 11.7. The minimum atomic E-state index is -3.74. The molecule has 0 aromatic heterocycles. The van der Waals surface area contributed by atoms with Crippen LogP contribution in [0.3, 0.4) is 0 Å². The molecule has 0 atom stereocenters. The smallest absolute Gasteiger partial charge is 0.248 e. The van der Waals surface area contributed by atoms with Gasteiger partial charge < -0.3 is 10.1 Å². The number of benzene rings is 2. The fraction of sp³-hybridized carbons (Fsp3) is 0.250. The van der Waals surface area contributed by atoms with Crippen LogP contribution in [0.5, 0.6) is 5.75 Å². The fourth-order valence-electron chi connectivity index (χ4n) is 2.63. The van der Waals surface area contributed by atoms with Crippen LogP contribution >= 0.6 is 11.6 Å². The Balaban J connectivity index is 2.23. The highest BCUT2D eigenvalue weighted by molar-refractivity contribution is 7.89. The van der Waals surface area contributed by atoms with E-state index in [-0.39, 0.29) is 9.92 Å². The standard InChI is InChI=1S/C20H23ClN2O4S/c1-4-23(5-2)28(25,26)19-14-16(11-12-17(19)21)22-20(24)13-10-15-8-6-7-9-18(15)27-3/h6-14H,4-5H2,1-3H3,(H,22,24). The van der Waals surface area contributed by atoms with Gasteiger partial charge in [-0.2, -0.15) is 4.31 Å². The van der Waals surface area contributed by atoms with Crippen molar-refractivity contribution >= 4 is 39.3 Å². The largest absolute Gasteiger partial charge is 0.496 e. The second-order valence-electron chi connectivity index (χ2n) is 5.80. The number of para-hydroxylation sites is 1. The minimum absolute atomic E-state index is 0.0376. The number of amides is 1. The summed E-state index contributed by atoms with van der Waals surface area (Å²) in [5, 5.41) is 2.76. The maximum Gasteiger partial charge on any atom is 0.248 e. The van der Waals surface area contributed by atoms with Crippen LogP contribution in [0.1, 0.15) is 19.4 Å². The van der Waals surface area contributed by atoms with E-state index < -0.39 is 15.9 Å². The van der Waals surface area contributed by atoms with Gasteiger partial charge in [-0.05, 0) is 30.3 Å². The fourth-order valence-corrected chi connectivity index (χ4v) is 4.59. The van der Waals surface area contributed by atoms with Crippen molar-refractivity contribution in [1.82, 2.24) is 4.31 Å². The summed E-state index contributed by atoms with van der Waals surface area (Å²) >= 11 is 6.10. The van der Waals surface area contributed by atoms with Gasteiger partial charge in [0.05, 0.1) is 12.1 Å². The van der Waals surface area contributed by atoms with Gasteiger partial charge in [0.25, 0.3) is 0 Å². The summed E-state index contributed by atoms with van der Waals surface area (Å²) < 4.78 is 32.0. The summed E-state index contributed by atoms with van der Waals surface area (Å²) in [4.78, 5) is 12.2. The molecule has 0 spiro atoms. The van der Waals surface area contributed by atoms with E-state index in [9.17, 15) is 13.2 Å². The van der Waals surface area contributed by atoms with Crippen molar-refractivity contribution in [2.24, 2.45) is 0 Å². The number of sulfonamides is 1. The zero-order valence-electron chi connectivity index (χ0n) is 16.0. The van der Waals surface area contributed by atoms with Crippen LogP contribution in [0, 0.1) is 0 Å². The van der Waals surface area contributed by atoms with Crippen molar-refractivity contribution < 1.29 is 17.9 Å². The number of hydrogen-bond donors (Lipinski definition) is 1. The Morgan fingerprint density at radius 3 is 2.50 bits per heavy atom. The molecule has 0 saturated heterocycles. The van der Waals surface area contributed by atoms with E-state index in [2.05, 4.69) is 5.32 Å². The number of carbonyl (C=O) groups excluding carboxylic acids is 1. The van der Waals surface area contributed by atoms with Crippen LogP contribution in [0.4, 0.5) is 5.69 Å². The van der Waals surface area contributed by atoms with E-state index >= 15 is 0 Å². The van der Waals surface area contributed by atoms with Crippen molar-refractivity contribution in [3.8, 4) is 5.75 Å². The third-order valence-electron chi connectivity index (χ3n) is 4.08. The SMILES string of the molecule is CCN(CC)S(=O)(=O)c1cc(NC(=O)C=Cc2ccccc2OC)ccc1Cl. The third-order valence-corrected chi connectivity index (χ3v) is 6.61. The van der Waals surface area contributed by atoms with Crippen LogP contribution < -0.4 is 10.1 Å². The summed E-state index contributed by atoms with van der Waals surface area (Å²) in [6.07, 6.45) is 2.97. The molecule has 0 saturated carbocycles. The van der Waals surface area contributed by atoms with E-state index in [1.165, 1.54) is 22.5 Å². The van der Waals surface area contributed by atoms with Gasteiger partial charge in [0, 0.05) is 30.4 Å². The number of rotatable bonds is 8. The number of carbonyl (C=O) groups is 1. The van der Waals surface area contributed by atoms with Gasteiger partial charge in [-0.15, -0.1) is 0 Å². The van der Waals surface area contributed by atoms with Crippen molar-refractivity contribution in [3.63, 3.8) is 0 Å². The number of ether oxygens (including phenoxy) is 1. The first-order valence-corrected chi connectivity index (χ1v) is 10.6. The zero-order chi connectivity index (χ0) is 20.7. The van der Waals surface area contributed by atoms with Gasteiger partial charge in [0.1, 0.15) is 10.6 Å². The Kier molecular flexibility index (Phi) is 7.62. The Morgan fingerprint density at radius 2 is 1.86 bits per heavy atom. The molecule has 2 rings (SSSR count). The second-order valence-corrected chi connectivity index (χ2v) is 8.11. The van der Waals surface area contributed by atoms with E-state index in [0.717, 1.165) is 5.56 Å². The normalized spacial score (nSPS) is 11.8. The first-order valence-electron chi connectivity index (χ1n) is 8.75. The van der Waals surface area contributed by atoms with Gasteiger partial charge in [0.15, 0.2) is 0 Å². The summed E-state index contributed by atoms with van der Waals surface area (Å²) in [7, 11) is -2.19. The molecule has 6 nitrogen and oxygen atoms in total. The summed E-state index contributed by atoms with van der Waals surface area (Å²) in [5.74, 6) is 0.241. The van der Waals surface area contributed by atoms with E-state index in [1.807, 2.05) is 18.2 Å². The molecule has 2 aromatic carbocycles. The summed E-state index contributed by atoms with van der Waals surface area (Å²) in [6.45, 7) is 4.16. The monoisotopic (exact) mass is 422 g/mol. The lowest BCUT2D eigenvalue weighted by Crippen LogP contribution is -2.30. The summed E-state index contributed by atoms with van der Waals surface area (Å²) in [5.41, 5.74) is 1.09. The predicted molar refractivity (Wildman–Crippen MR) is 112 cm³/mol. The molecule has 28 heavy (non-hydrogen) atoms. The zero-order valence-corrected chi connectivity index (χ0v) is 17.5. The Hall–Kier alpha value is -2.35. The lowest BCUT2D eigenvalue weighted by Gasteiger charge is -2.19. The molecular formula is C20H23ClN2O4S. The highest BCUT2D eigenvalue weighted by atomic mass is 35.5. The first-order chi connectivity index (χ1) is 13.3. The molecule has 0 aliphatic heterocycles. The number of halogens is 1. The number of methoxy groups -OCH3 is 1. The number of anilines is 1. The Bertz CT molecular complexity index is 970. The number of hydrogen-bond acceptors (Lipinski definition) is 4. The van der Waals surface area contributed by atoms with E-state index in [0.29, 0.717) is 24.5 Å². The Morgan fingerprint density at radius 1 is 1.18 bits per heavy atom. The average molecular weight is 423 g/mol. The van der Waals surface area contributed by atoms with E-state index in [4.69, 9.17) is 16.3 Å². The average Bonchev–Trinajstić information content (AvgIpc) is 2.68. The van der Waals surface area contributed by atoms with Crippen LogP contribution in [0.2, 0.25) is 5.02 Å². The quantitative estimate of drug-likeness (QED) is 0.651. The van der Waals surface area contributed by atoms with Gasteiger partial charge in [-0.3, -0.25) is 4.79 Å². The predicted octanol–water partition coefficient (Wildman–Crippen LogP) is 4.03. The van der Waals surface area contributed by atoms with Crippen molar-refractivity contribution in [3.05, 3.63) is 59.1 Å². The maximum absolute atomic E-state index is 12.7. The molecule has 0 bridgehead atoms. The molecule has 1 N–H and O–H groups in total. The molecule has 2 aromatic rings. The number of nitrogens with zero attached hydrogens (tertiary/aromatic N) is 1. The highest BCUT2D eigenvalue weighted by Gasteiger charge is 2.24. The van der Waals surface area contributed by atoms with Crippen molar-refractivity contribution in [1.29, 1.82) is 0 Å². The minimum Gasteiger partial charge on any atom is -0.496 e. The van der Waals surface area contributed by atoms with Gasteiger partial charge in [0.2, 0.25) is 15.9 Å². The topological polar surface area (TPSA) is 75.7 Å². The molecule has 0 radical (unpaired) electrons. The second kappa shape index (κ2) is 9.73. The first kappa shape index (κ1) is 21.9. The van der Waals surface area contributed by atoms with Crippen LogP contribution in [-0.4, -0.2) is 38.8 Å². The maximum atomic E-state index is 12.7. The van der Waals surface area contributed by atoms with Crippen LogP contribution in [-0.2, 0) is 14.8 Å².